The zero-order valence-corrected chi connectivity index (χ0v) is 16.0. The van der Waals surface area contributed by atoms with Gasteiger partial charge in [-0.3, -0.25) is 0 Å². The average molecular weight is 333 g/mol. The predicted molar refractivity (Wildman–Crippen MR) is 87.0 cm³/mol. The third kappa shape index (κ3) is 4.10. The Bertz CT molecular complexity index is 894. The zero-order chi connectivity index (χ0) is 14.7. The molecule has 4 nitrogen and oxygen atoms in total. The second-order valence-corrected chi connectivity index (χ2v) is 4.99. The molecule has 1 aromatic heterocycles. The van der Waals surface area contributed by atoms with Gasteiger partial charge in [-0.2, -0.15) is 0 Å². The van der Waals surface area contributed by atoms with Crippen molar-refractivity contribution in [2.24, 2.45) is 0 Å². The summed E-state index contributed by atoms with van der Waals surface area (Å²) in [6, 6.07) is 19.6. The second-order valence-electron chi connectivity index (χ2n) is 4.47. The molecule has 0 aliphatic carbocycles. The van der Waals surface area contributed by atoms with Gasteiger partial charge in [-0.15, -0.1) is 18.3 Å². The third-order valence-corrected chi connectivity index (χ3v) is 3.30. The normalized spacial score (nSPS) is 9.86. The third-order valence-electron chi connectivity index (χ3n) is 3.02. The fourth-order valence-corrected chi connectivity index (χ4v) is 2.20. The molecule has 0 aliphatic rings. The molecule has 0 saturated heterocycles. The molecule has 0 atom stereocenters. The summed E-state index contributed by atoms with van der Waals surface area (Å²) >= 11 is 4.26. The quantitative estimate of drug-likeness (QED) is 0.396. The van der Waals surface area contributed by atoms with Crippen LogP contribution in [0.15, 0.2) is 70.2 Å². The van der Waals surface area contributed by atoms with Gasteiger partial charge in [0, 0.05) is 4.90 Å². The van der Waals surface area contributed by atoms with Crippen molar-refractivity contribution in [3.05, 3.63) is 66.4 Å². The summed E-state index contributed by atoms with van der Waals surface area (Å²) < 4.78 is 4.43. The molecule has 0 radical (unpaired) electrons. The molecule has 4 aromatic rings. The number of nitrogens with zero attached hydrogens (tertiary/aromatic N) is 2. The van der Waals surface area contributed by atoms with Gasteiger partial charge >= 0.3 is 51.4 Å². The molecule has 4 rings (SSSR count). The average Bonchev–Trinajstić information content (AvgIpc) is 2.98. The molecule has 0 bridgehead atoms. The van der Waals surface area contributed by atoms with E-state index in [9.17, 15) is 0 Å². The summed E-state index contributed by atoms with van der Waals surface area (Å²) in [4.78, 5) is 1.02. The molecule has 0 unspecified atom stereocenters. The van der Waals surface area contributed by atoms with Crippen LogP contribution < -0.4 is 51.4 Å². The van der Waals surface area contributed by atoms with Crippen LogP contribution in [0.1, 0.15) is 0 Å². The second kappa shape index (κ2) is 8.10. The van der Waals surface area contributed by atoms with Gasteiger partial charge in [0.1, 0.15) is 11.0 Å². The molecule has 6 heteroatoms. The van der Waals surface area contributed by atoms with Crippen LogP contribution in [0.3, 0.4) is 0 Å². The summed E-state index contributed by atoms with van der Waals surface area (Å²) in [5.41, 5.74) is 8.81. The van der Waals surface area contributed by atoms with E-state index in [1.165, 1.54) is 10.8 Å². The molecule has 22 heavy (non-hydrogen) atoms. The topological polar surface area (TPSA) is 62.7 Å². The minimum absolute atomic E-state index is 0. The van der Waals surface area contributed by atoms with Crippen LogP contribution in [-0.2, 0) is 0 Å². The van der Waals surface area contributed by atoms with Crippen LogP contribution in [0.5, 0.6) is 0 Å². The standard InChI is InChI=1S/C10H8S.C6H4N3O.K/c11-10-6-5-8-3-1-2-4-9(8)7-10;7-4-2-1-3-5-6(4)9-10-8-5;/h1-7,11H;1-3,7H;/q;-1;+1. The van der Waals surface area contributed by atoms with Crippen molar-refractivity contribution in [3.8, 4) is 0 Å². The van der Waals surface area contributed by atoms with E-state index in [1.807, 2.05) is 18.2 Å². The monoisotopic (exact) mass is 333 g/mol. The Morgan fingerprint density at radius 2 is 1.64 bits per heavy atom. The molecule has 0 fully saturated rings. The van der Waals surface area contributed by atoms with Crippen LogP contribution in [0.25, 0.3) is 27.5 Å². The summed E-state index contributed by atoms with van der Waals surface area (Å²) in [7, 11) is 0. The number of fused-ring (bicyclic) bond motifs is 2. The number of aromatic nitrogens is 2. The van der Waals surface area contributed by atoms with Gasteiger partial charge in [0.2, 0.25) is 0 Å². The molecule has 0 saturated carbocycles. The molecular formula is C16H12KN3OS. The van der Waals surface area contributed by atoms with Crippen molar-refractivity contribution in [1.29, 1.82) is 0 Å². The SMILES string of the molecule is Sc1ccc2ccccc2c1.[K+].[NH-]c1cccc2nonc12. The Hall–Kier alpha value is -0.894. The molecule has 0 amide bonds. The number of nitrogens with one attached hydrogen (secondary N) is 1. The minimum atomic E-state index is 0. The van der Waals surface area contributed by atoms with E-state index in [1.54, 1.807) is 18.2 Å². The molecular weight excluding hydrogens is 321 g/mol. The summed E-state index contributed by atoms with van der Waals surface area (Å²) in [6.07, 6.45) is 0. The Balaban J connectivity index is 0.000000154. The van der Waals surface area contributed by atoms with E-state index in [2.05, 4.69) is 51.8 Å². The Labute approximate surface area is 175 Å². The number of hydrogen-bond acceptors (Lipinski definition) is 4. The van der Waals surface area contributed by atoms with Gasteiger partial charge in [-0.1, -0.05) is 47.6 Å². The van der Waals surface area contributed by atoms with Crippen molar-refractivity contribution in [2.75, 3.05) is 0 Å². The molecule has 1 heterocycles. The predicted octanol–water partition coefficient (Wildman–Crippen LogP) is 2.04. The fourth-order valence-electron chi connectivity index (χ4n) is 1.98. The van der Waals surface area contributed by atoms with E-state index in [0.717, 1.165) is 4.90 Å². The van der Waals surface area contributed by atoms with Gasteiger partial charge in [-0.25, -0.2) is 4.63 Å². The molecule has 0 aliphatic heterocycles. The van der Waals surface area contributed by atoms with E-state index < -0.39 is 0 Å². The van der Waals surface area contributed by atoms with Gasteiger partial charge in [0.05, 0.1) is 0 Å². The molecule has 104 valence electrons. The number of hydrogen-bond donors (Lipinski definition) is 1. The number of thiol groups is 1. The maximum atomic E-state index is 7.32. The zero-order valence-electron chi connectivity index (χ0n) is 12.0. The first kappa shape index (κ1) is 17.5. The van der Waals surface area contributed by atoms with Crippen molar-refractivity contribution in [2.45, 2.75) is 4.90 Å². The van der Waals surface area contributed by atoms with Crippen LogP contribution >= 0.6 is 12.6 Å². The summed E-state index contributed by atoms with van der Waals surface area (Å²) in [5.74, 6) is 0. The summed E-state index contributed by atoms with van der Waals surface area (Å²) in [5, 5.41) is 9.64. The maximum Gasteiger partial charge on any atom is 1.00 e. The van der Waals surface area contributed by atoms with Crippen molar-refractivity contribution < 1.29 is 56.0 Å². The van der Waals surface area contributed by atoms with Crippen molar-refractivity contribution in [3.63, 3.8) is 0 Å². The van der Waals surface area contributed by atoms with Crippen LogP contribution in [0.2, 0.25) is 0 Å². The van der Waals surface area contributed by atoms with E-state index >= 15 is 0 Å². The van der Waals surface area contributed by atoms with Gasteiger partial charge in [0.25, 0.3) is 0 Å². The van der Waals surface area contributed by atoms with Crippen LogP contribution in [0.4, 0.5) is 5.69 Å². The summed E-state index contributed by atoms with van der Waals surface area (Å²) in [6.45, 7) is 0. The molecule has 0 spiro atoms. The number of benzene rings is 3. The van der Waals surface area contributed by atoms with Crippen molar-refractivity contribution in [1.82, 2.24) is 10.3 Å². The first-order chi connectivity index (χ1) is 10.2. The fraction of sp³-hybridized carbons (Fsp3) is 0. The molecule has 3 aromatic carbocycles. The number of rotatable bonds is 0. The van der Waals surface area contributed by atoms with Crippen LogP contribution in [-0.4, -0.2) is 10.3 Å². The van der Waals surface area contributed by atoms with Gasteiger partial charge < -0.3 is 5.73 Å². The van der Waals surface area contributed by atoms with E-state index in [4.69, 9.17) is 5.73 Å². The van der Waals surface area contributed by atoms with E-state index in [0.29, 0.717) is 16.7 Å². The minimum Gasteiger partial charge on any atom is -0.697 e. The van der Waals surface area contributed by atoms with Crippen LogP contribution in [0, 0.1) is 0 Å². The largest absolute Gasteiger partial charge is 1.00 e. The Kier molecular flexibility index (Phi) is 6.43. The van der Waals surface area contributed by atoms with Gasteiger partial charge in [0.15, 0.2) is 0 Å². The van der Waals surface area contributed by atoms with Gasteiger partial charge in [-0.05, 0) is 34.1 Å². The Morgan fingerprint density at radius 3 is 2.41 bits per heavy atom. The first-order valence-corrected chi connectivity index (χ1v) is 6.79. The smallest absolute Gasteiger partial charge is 0.697 e. The first-order valence-electron chi connectivity index (χ1n) is 6.35. The maximum absolute atomic E-state index is 7.32. The Morgan fingerprint density at radius 1 is 0.864 bits per heavy atom. The van der Waals surface area contributed by atoms with E-state index in [-0.39, 0.29) is 51.4 Å². The van der Waals surface area contributed by atoms with Crippen molar-refractivity contribution >= 4 is 40.1 Å². The molecule has 1 N–H and O–H groups in total.